The number of hydrogen-bond donors (Lipinski definition) is 2. The Hall–Kier alpha value is -2.28. The molecule has 1 heterocycles. The van der Waals surface area contributed by atoms with Gasteiger partial charge in [-0.3, -0.25) is 9.59 Å². The number of hydrogen-bond acceptors (Lipinski definition) is 4. The lowest BCUT2D eigenvalue weighted by Gasteiger charge is -2.28. The van der Waals surface area contributed by atoms with Crippen molar-refractivity contribution in [1.29, 1.82) is 0 Å². The van der Waals surface area contributed by atoms with Gasteiger partial charge in [0.05, 0.1) is 12.1 Å². The number of rotatable bonds is 5. The first-order chi connectivity index (χ1) is 11.3. The number of carbonyl (C=O) groups excluding carboxylic acids is 2. The molecule has 0 radical (unpaired) electrons. The zero-order valence-corrected chi connectivity index (χ0v) is 14.2. The summed E-state index contributed by atoms with van der Waals surface area (Å²) in [5.74, 6) is -1.89. The molecule has 1 fully saturated rings. The van der Waals surface area contributed by atoms with Crippen molar-refractivity contribution in [2.24, 2.45) is 5.92 Å². The van der Waals surface area contributed by atoms with E-state index in [9.17, 15) is 19.5 Å². The summed E-state index contributed by atoms with van der Waals surface area (Å²) in [5, 5.41) is 12.2. The lowest BCUT2D eigenvalue weighted by molar-refractivity contribution is -0.144. The molecular formula is C16H19ClN2O5. The zero-order chi connectivity index (χ0) is 17.9. The minimum absolute atomic E-state index is 0.0814. The molecule has 7 nitrogen and oxygen atoms in total. The van der Waals surface area contributed by atoms with E-state index in [0.29, 0.717) is 24.3 Å². The first-order valence-electron chi connectivity index (χ1n) is 7.44. The smallest absolute Gasteiger partial charge is 0.330 e. The minimum Gasteiger partial charge on any atom is -0.495 e. The van der Waals surface area contributed by atoms with Gasteiger partial charge in [0.1, 0.15) is 5.75 Å². The molecule has 1 saturated heterocycles. The van der Waals surface area contributed by atoms with E-state index in [2.05, 4.69) is 5.32 Å². The molecule has 2 N–H and O–H groups in total. The van der Waals surface area contributed by atoms with Crippen molar-refractivity contribution in [2.75, 3.05) is 20.7 Å². The Balaban J connectivity index is 2.14. The fourth-order valence-electron chi connectivity index (χ4n) is 2.58. The van der Waals surface area contributed by atoms with Crippen LogP contribution in [0.2, 0.25) is 5.02 Å². The molecule has 1 aromatic carbocycles. The monoisotopic (exact) mass is 354 g/mol. The molecule has 0 aromatic heterocycles. The summed E-state index contributed by atoms with van der Waals surface area (Å²) < 4.78 is 5.03. The number of nitrogens with zero attached hydrogens (tertiary/aromatic N) is 1. The summed E-state index contributed by atoms with van der Waals surface area (Å²) in [6.07, 6.45) is 0.585. The first-order valence-corrected chi connectivity index (χ1v) is 7.82. The highest BCUT2D eigenvalue weighted by molar-refractivity contribution is 6.32. The Morgan fingerprint density at radius 1 is 1.46 bits per heavy atom. The molecule has 1 aromatic rings. The Kier molecular flexibility index (Phi) is 5.66. The van der Waals surface area contributed by atoms with Gasteiger partial charge in [-0.2, -0.15) is 0 Å². The molecule has 0 bridgehead atoms. The number of methoxy groups -OCH3 is 1. The van der Waals surface area contributed by atoms with Gasteiger partial charge in [0.15, 0.2) is 6.04 Å². The van der Waals surface area contributed by atoms with Gasteiger partial charge in [0, 0.05) is 25.9 Å². The van der Waals surface area contributed by atoms with E-state index >= 15 is 0 Å². The van der Waals surface area contributed by atoms with Crippen molar-refractivity contribution in [3.63, 3.8) is 0 Å². The molecule has 1 aliphatic heterocycles. The number of carbonyl (C=O) groups is 3. The van der Waals surface area contributed by atoms with E-state index in [-0.39, 0.29) is 17.4 Å². The molecule has 2 atom stereocenters. The van der Waals surface area contributed by atoms with Gasteiger partial charge < -0.3 is 20.1 Å². The van der Waals surface area contributed by atoms with E-state index in [1.54, 1.807) is 18.0 Å². The Morgan fingerprint density at radius 2 is 2.17 bits per heavy atom. The van der Waals surface area contributed by atoms with E-state index in [1.807, 2.05) is 0 Å². The van der Waals surface area contributed by atoms with Gasteiger partial charge in [-0.05, 0) is 24.1 Å². The van der Waals surface area contributed by atoms with Crippen molar-refractivity contribution in [1.82, 2.24) is 10.2 Å². The first kappa shape index (κ1) is 18.1. The highest BCUT2D eigenvalue weighted by atomic mass is 35.5. The topological polar surface area (TPSA) is 95.9 Å². The third-order valence-electron chi connectivity index (χ3n) is 4.07. The summed E-state index contributed by atoms with van der Waals surface area (Å²) in [6.45, 7) is 0.475. The second-order valence-corrected chi connectivity index (χ2v) is 6.09. The van der Waals surface area contributed by atoms with Crippen LogP contribution in [0.5, 0.6) is 5.75 Å². The molecule has 2 rings (SSSR count). The number of ether oxygens (including phenoxy) is 1. The normalized spacial score (nSPS) is 18.9. The number of amides is 2. The van der Waals surface area contributed by atoms with Crippen LogP contribution in [0, 0.1) is 5.92 Å². The van der Waals surface area contributed by atoms with E-state index < -0.39 is 23.8 Å². The zero-order valence-electron chi connectivity index (χ0n) is 13.4. The molecule has 130 valence electrons. The number of carboxylic acid groups (broad SMARTS) is 1. The van der Waals surface area contributed by atoms with Gasteiger partial charge in [0.25, 0.3) is 0 Å². The average Bonchev–Trinajstić information content (AvgIpc) is 2.54. The largest absolute Gasteiger partial charge is 0.495 e. The summed E-state index contributed by atoms with van der Waals surface area (Å²) >= 11 is 6.02. The predicted octanol–water partition coefficient (Wildman–Crippen LogP) is 1.46. The second kappa shape index (κ2) is 7.53. The van der Waals surface area contributed by atoms with Crippen LogP contribution in [-0.2, 0) is 14.4 Å². The Morgan fingerprint density at radius 3 is 2.71 bits per heavy atom. The van der Waals surface area contributed by atoms with Crippen LogP contribution in [0.15, 0.2) is 18.2 Å². The SMILES string of the molecule is COc1ccc(C(NC(=O)C2CCN(C)C(=O)C2)C(=O)O)cc1Cl. The molecule has 8 heteroatoms. The van der Waals surface area contributed by atoms with Gasteiger partial charge in [-0.1, -0.05) is 17.7 Å². The molecular weight excluding hydrogens is 336 g/mol. The third kappa shape index (κ3) is 3.97. The lowest BCUT2D eigenvalue weighted by atomic mass is 9.94. The summed E-state index contributed by atoms with van der Waals surface area (Å²) in [5.41, 5.74) is 0.334. The third-order valence-corrected chi connectivity index (χ3v) is 4.37. The highest BCUT2D eigenvalue weighted by Crippen LogP contribution is 2.28. The fraction of sp³-hybridized carbons (Fsp3) is 0.438. The molecule has 2 amide bonds. The fourth-order valence-corrected chi connectivity index (χ4v) is 2.84. The van der Waals surface area contributed by atoms with Crippen molar-refractivity contribution >= 4 is 29.4 Å². The van der Waals surface area contributed by atoms with Crippen LogP contribution < -0.4 is 10.1 Å². The molecule has 2 unspecified atom stereocenters. The maximum atomic E-state index is 12.3. The quantitative estimate of drug-likeness (QED) is 0.834. The van der Waals surface area contributed by atoms with Crippen molar-refractivity contribution < 1.29 is 24.2 Å². The number of aliphatic carboxylic acids is 1. The van der Waals surface area contributed by atoms with Crippen molar-refractivity contribution in [3.05, 3.63) is 28.8 Å². The van der Waals surface area contributed by atoms with Gasteiger partial charge in [-0.15, -0.1) is 0 Å². The van der Waals surface area contributed by atoms with Gasteiger partial charge >= 0.3 is 5.97 Å². The maximum Gasteiger partial charge on any atom is 0.330 e. The minimum atomic E-state index is -1.24. The molecule has 24 heavy (non-hydrogen) atoms. The number of carboxylic acids is 1. The number of piperidine rings is 1. The van der Waals surface area contributed by atoms with Crippen LogP contribution in [0.4, 0.5) is 0 Å². The average molecular weight is 355 g/mol. The van der Waals surface area contributed by atoms with Crippen LogP contribution in [0.25, 0.3) is 0 Å². The second-order valence-electron chi connectivity index (χ2n) is 5.68. The van der Waals surface area contributed by atoms with Crippen LogP contribution in [0.1, 0.15) is 24.4 Å². The van der Waals surface area contributed by atoms with Gasteiger partial charge in [0.2, 0.25) is 11.8 Å². The van der Waals surface area contributed by atoms with Crippen LogP contribution >= 0.6 is 11.6 Å². The number of halogens is 1. The number of likely N-dealkylation sites (tertiary alicyclic amines) is 1. The van der Waals surface area contributed by atoms with Crippen molar-refractivity contribution in [2.45, 2.75) is 18.9 Å². The van der Waals surface area contributed by atoms with E-state index in [4.69, 9.17) is 16.3 Å². The summed E-state index contributed by atoms with van der Waals surface area (Å²) in [7, 11) is 3.13. The van der Waals surface area contributed by atoms with Gasteiger partial charge in [-0.25, -0.2) is 4.79 Å². The molecule has 1 aliphatic rings. The summed E-state index contributed by atoms with van der Waals surface area (Å²) in [6, 6.07) is 3.28. The molecule has 0 spiro atoms. The summed E-state index contributed by atoms with van der Waals surface area (Å²) in [4.78, 5) is 37.1. The number of nitrogens with one attached hydrogen (secondary N) is 1. The number of benzene rings is 1. The Bertz CT molecular complexity index is 664. The molecule has 0 saturated carbocycles. The van der Waals surface area contributed by atoms with E-state index in [1.165, 1.54) is 19.2 Å². The van der Waals surface area contributed by atoms with E-state index in [0.717, 1.165) is 0 Å². The van der Waals surface area contributed by atoms with Crippen molar-refractivity contribution in [3.8, 4) is 5.75 Å². The predicted molar refractivity (Wildman–Crippen MR) is 86.9 cm³/mol. The highest BCUT2D eigenvalue weighted by Gasteiger charge is 2.32. The molecule has 0 aliphatic carbocycles. The maximum absolute atomic E-state index is 12.3. The Labute approximate surface area is 144 Å². The van der Waals surface area contributed by atoms with Crippen LogP contribution in [-0.4, -0.2) is 48.5 Å². The van der Waals surface area contributed by atoms with Crippen LogP contribution in [0.3, 0.4) is 0 Å². The standard InChI is InChI=1S/C16H19ClN2O5/c1-19-6-5-10(8-13(19)20)15(21)18-14(16(22)23)9-3-4-12(24-2)11(17)7-9/h3-4,7,10,14H,5-6,8H2,1-2H3,(H,18,21)(H,22,23). The lowest BCUT2D eigenvalue weighted by Crippen LogP contribution is -2.44.